The van der Waals surface area contributed by atoms with Crippen LogP contribution in [0.3, 0.4) is 0 Å². The number of carbonyl (C=O) groups excluding carboxylic acids is 3. The zero-order valence-corrected chi connectivity index (χ0v) is 17.2. The maximum absolute atomic E-state index is 14.0. The van der Waals surface area contributed by atoms with E-state index >= 15 is 0 Å². The number of carbonyl (C=O) groups is 3. The summed E-state index contributed by atoms with van der Waals surface area (Å²) >= 11 is 0. The van der Waals surface area contributed by atoms with Gasteiger partial charge in [-0.05, 0) is 41.8 Å². The zero-order valence-electron chi connectivity index (χ0n) is 17.2. The molecule has 0 radical (unpaired) electrons. The second kappa shape index (κ2) is 7.12. The Labute approximate surface area is 182 Å². The molecule has 3 aromatic rings. The van der Waals surface area contributed by atoms with E-state index in [2.05, 4.69) is 5.32 Å². The number of nitrogens with one attached hydrogen (secondary N) is 1. The van der Waals surface area contributed by atoms with Crippen molar-refractivity contribution in [3.05, 3.63) is 77.4 Å². The van der Waals surface area contributed by atoms with Crippen molar-refractivity contribution in [3.63, 3.8) is 0 Å². The first-order valence-corrected chi connectivity index (χ1v) is 10.2. The minimum atomic E-state index is -1.33. The van der Waals surface area contributed by atoms with Crippen molar-refractivity contribution in [3.8, 4) is 0 Å². The molecule has 1 fully saturated rings. The quantitative estimate of drug-likeness (QED) is 0.641. The molecule has 32 heavy (non-hydrogen) atoms. The summed E-state index contributed by atoms with van der Waals surface area (Å²) in [4.78, 5) is 40.9. The highest BCUT2D eigenvalue weighted by molar-refractivity contribution is 6.11. The van der Waals surface area contributed by atoms with Gasteiger partial charge in [-0.2, -0.15) is 0 Å². The summed E-state index contributed by atoms with van der Waals surface area (Å²) in [7, 11) is 0. The molecule has 3 aromatic carbocycles. The molecule has 2 heterocycles. The van der Waals surface area contributed by atoms with Crippen LogP contribution >= 0.6 is 0 Å². The standard InChI is InChI=1S/C24H19F2N3O3/c1-24(16-7-6-14-4-2-3-5-15(14)10-16)22(31)29(23(32)27-24)13-21(30)28-9-8-18-19(26)11-17(25)12-20(18)28/h2-7,10-12H,8-9,13H2,1H3,(H,27,32). The smallest absolute Gasteiger partial charge is 0.319 e. The molecule has 0 aliphatic carbocycles. The van der Waals surface area contributed by atoms with E-state index in [0.29, 0.717) is 5.56 Å². The van der Waals surface area contributed by atoms with Crippen molar-refractivity contribution in [1.29, 1.82) is 0 Å². The lowest BCUT2D eigenvalue weighted by Crippen LogP contribution is -2.44. The maximum Gasteiger partial charge on any atom is 0.325 e. The Kier molecular flexibility index (Phi) is 4.47. The molecule has 1 saturated heterocycles. The van der Waals surface area contributed by atoms with E-state index in [4.69, 9.17) is 0 Å². The van der Waals surface area contributed by atoms with Gasteiger partial charge in [0, 0.05) is 18.2 Å². The summed E-state index contributed by atoms with van der Waals surface area (Å²) in [6, 6.07) is 14.3. The first-order chi connectivity index (χ1) is 15.3. The number of anilines is 1. The molecule has 1 unspecified atom stereocenters. The number of halogens is 2. The molecule has 0 aromatic heterocycles. The van der Waals surface area contributed by atoms with Crippen LogP contribution in [0, 0.1) is 11.6 Å². The van der Waals surface area contributed by atoms with E-state index in [1.165, 1.54) is 4.90 Å². The van der Waals surface area contributed by atoms with Gasteiger partial charge >= 0.3 is 6.03 Å². The third kappa shape index (κ3) is 3.02. The Balaban J connectivity index is 1.41. The lowest BCUT2D eigenvalue weighted by molar-refractivity contribution is -0.134. The fraction of sp³-hybridized carbons (Fsp3) is 0.208. The van der Waals surface area contributed by atoms with Crippen LogP contribution in [0.15, 0.2) is 54.6 Å². The molecule has 8 heteroatoms. The minimum Gasteiger partial charge on any atom is -0.319 e. The van der Waals surface area contributed by atoms with Gasteiger partial charge in [0.1, 0.15) is 23.7 Å². The molecular weight excluding hydrogens is 416 g/mol. The van der Waals surface area contributed by atoms with E-state index in [-0.39, 0.29) is 24.2 Å². The molecule has 2 aliphatic heterocycles. The van der Waals surface area contributed by atoms with E-state index in [1.54, 1.807) is 13.0 Å². The predicted molar refractivity (Wildman–Crippen MR) is 114 cm³/mol. The lowest BCUT2D eigenvalue weighted by atomic mass is 9.90. The lowest BCUT2D eigenvalue weighted by Gasteiger charge is -2.24. The SMILES string of the molecule is CC1(c2ccc3ccccc3c2)NC(=O)N(CC(=O)N2CCc3c(F)cc(F)cc32)C1=O. The Morgan fingerprint density at radius 3 is 2.59 bits per heavy atom. The van der Waals surface area contributed by atoms with E-state index in [0.717, 1.165) is 27.8 Å². The number of nitrogens with zero attached hydrogens (tertiary/aromatic N) is 2. The van der Waals surface area contributed by atoms with Crippen molar-refractivity contribution in [2.24, 2.45) is 0 Å². The predicted octanol–water partition coefficient (Wildman–Crippen LogP) is 3.47. The molecule has 1 N–H and O–H groups in total. The van der Waals surface area contributed by atoms with Crippen LogP contribution in [-0.2, 0) is 21.5 Å². The minimum absolute atomic E-state index is 0.136. The number of benzene rings is 3. The molecule has 6 nitrogen and oxygen atoms in total. The first-order valence-electron chi connectivity index (χ1n) is 10.2. The highest BCUT2D eigenvalue weighted by Crippen LogP contribution is 2.33. The average Bonchev–Trinajstić information content (AvgIpc) is 3.28. The van der Waals surface area contributed by atoms with Crippen LogP contribution in [-0.4, -0.2) is 35.8 Å². The Morgan fingerprint density at radius 1 is 1.06 bits per heavy atom. The van der Waals surface area contributed by atoms with Gasteiger partial charge in [0.25, 0.3) is 5.91 Å². The monoisotopic (exact) mass is 435 g/mol. The summed E-state index contributed by atoms with van der Waals surface area (Å²) in [6.45, 7) is 1.23. The fourth-order valence-electron chi connectivity index (χ4n) is 4.44. The van der Waals surface area contributed by atoms with Crippen molar-refractivity contribution >= 4 is 34.3 Å². The highest BCUT2D eigenvalue weighted by atomic mass is 19.1. The van der Waals surface area contributed by atoms with Gasteiger partial charge in [-0.15, -0.1) is 0 Å². The topological polar surface area (TPSA) is 69.7 Å². The van der Waals surface area contributed by atoms with Gasteiger partial charge in [0.15, 0.2) is 0 Å². The number of imide groups is 1. The van der Waals surface area contributed by atoms with Crippen LogP contribution < -0.4 is 10.2 Å². The van der Waals surface area contributed by atoms with Gasteiger partial charge in [-0.25, -0.2) is 13.6 Å². The first kappa shape index (κ1) is 20.1. The summed E-state index contributed by atoms with van der Waals surface area (Å²) < 4.78 is 27.7. The van der Waals surface area contributed by atoms with Crippen molar-refractivity contribution in [2.45, 2.75) is 18.9 Å². The van der Waals surface area contributed by atoms with Crippen LogP contribution in [0.5, 0.6) is 0 Å². The molecule has 0 saturated carbocycles. The second-order valence-corrected chi connectivity index (χ2v) is 8.19. The molecule has 0 spiro atoms. The third-order valence-electron chi connectivity index (χ3n) is 6.21. The van der Waals surface area contributed by atoms with Gasteiger partial charge in [-0.1, -0.05) is 36.4 Å². The molecule has 1 atom stereocenters. The summed E-state index contributed by atoms with van der Waals surface area (Å²) in [6.07, 6.45) is 0.238. The number of urea groups is 1. The third-order valence-corrected chi connectivity index (χ3v) is 6.21. The second-order valence-electron chi connectivity index (χ2n) is 8.19. The Hall–Kier alpha value is -3.81. The number of fused-ring (bicyclic) bond motifs is 2. The number of amides is 4. The molecule has 162 valence electrons. The van der Waals surface area contributed by atoms with Crippen LogP contribution in [0.25, 0.3) is 10.8 Å². The summed E-state index contributed by atoms with van der Waals surface area (Å²) in [5.41, 5.74) is -0.349. The maximum atomic E-state index is 14.0. The molecular formula is C24H19F2N3O3. The zero-order chi connectivity index (χ0) is 22.6. The molecule has 5 rings (SSSR count). The molecule has 0 bridgehead atoms. The highest BCUT2D eigenvalue weighted by Gasteiger charge is 2.50. The largest absolute Gasteiger partial charge is 0.325 e. The average molecular weight is 435 g/mol. The van der Waals surface area contributed by atoms with Gasteiger partial charge in [-0.3, -0.25) is 14.5 Å². The van der Waals surface area contributed by atoms with Crippen molar-refractivity contribution in [1.82, 2.24) is 10.2 Å². The van der Waals surface area contributed by atoms with E-state index in [1.807, 2.05) is 36.4 Å². The van der Waals surface area contributed by atoms with Gasteiger partial charge < -0.3 is 10.2 Å². The number of hydrogen-bond donors (Lipinski definition) is 1. The normalized spacial score (nSPS) is 20.1. The number of rotatable bonds is 3. The van der Waals surface area contributed by atoms with Crippen LogP contribution in [0.2, 0.25) is 0 Å². The van der Waals surface area contributed by atoms with Crippen molar-refractivity contribution in [2.75, 3.05) is 18.0 Å². The van der Waals surface area contributed by atoms with Gasteiger partial charge in [0.05, 0.1) is 5.69 Å². The van der Waals surface area contributed by atoms with Crippen LogP contribution in [0.4, 0.5) is 19.3 Å². The Bertz CT molecular complexity index is 1310. The van der Waals surface area contributed by atoms with E-state index < -0.39 is 41.6 Å². The number of hydrogen-bond acceptors (Lipinski definition) is 3. The van der Waals surface area contributed by atoms with E-state index in [9.17, 15) is 23.2 Å². The van der Waals surface area contributed by atoms with Crippen LogP contribution in [0.1, 0.15) is 18.1 Å². The summed E-state index contributed by atoms with van der Waals surface area (Å²) in [5, 5.41) is 4.60. The Morgan fingerprint density at radius 2 is 1.81 bits per heavy atom. The summed E-state index contributed by atoms with van der Waals surface area (Å²) in [5.74, 6) is -2.65. The van der Waals surface area contributed by atoms with Crippen molar-refractivity contribution < 1.29 is 23.2 Å². The fourth-order valence-corrected chi connectivity index (χ4v) is 4.44. The molecule has 4 amide bonds. The van der Waals surface area contributed by atoms with Gasteiger partial charge in [0.2, 0.25) is 5.91 Å². The molecule has 2 aliphatic rings.